The van der Waals surface area contributed by atoms with Gasteiger partial charge in [0.1, 0.15) is 12.4 Å². The van der Waals surface area contributed by atoms with Crippen molar-refractivity contribution in [2.24, 2.45) is 0 Å². The summed E-state index contributed by atoms with van der Waals surface area (Å²) >= 11 is 0. The van der Waals surface area contributed by atoms with Gasteiger partial charge < -0.3 is 25.0 Å². The molecule has 4 N–H and O–H groups in total. The van der Waals surface area contributed by atoms with E-state index in [9.17, 15) is 23.4 Å². The Morgan fingerprint density at radius 2 is 1.78 bits per heavy atom. The molecule has 0 heterocycles. The Morgan fingerprint density at radius 3 is 2.51 bits per heavy atom. The highest BCUT2D eigenvalue weighted by atomic mass is 32.2. The number of aliphatic hydroxyl groups is 1. The standard InChI is InChI=1S/C31H46N2O7S/c1-24(34)40-23-27-21-26(15-16-30(27)35)31(36)22-32-17-5-2-3-6-18-39-19-7-4-10-25-11-8-14-29(20-25)41(37,38)33-28-12-9-13-28/h8,11,14-16,20-21,28,31-33,35-36H,2-7,9-10,12-13,17-19,22-23H2,1H3/t31-/m0/s1. The van der Waals surface area contributed by atoms with Crippen LogP contribution in [0.3, 0.4) is 0 Å². The number of aliphatic hydroxyl groups excluding tert-OH is 1. The summed E-state index contributed by atoms with van der Waals surface area (Å²) in [5.74, 6) is -0.391. The summed E-state index contributed by atoms with van der Waals surface area (Å²) < 4.78 is 38.6. The number of aryl methyl sites for hydroxylation is 1. The number of unbranched alkanes of at least 4 members (excludes halogenated alkanes) is 4. The van der Waals surface area contributed by atoms with Crippen molar-refractivity contribution in [3.05, 3.63) is 59.2 Å². The first-order chi connectivity index (χ1) is 19.7. The number of aromatic hydroxyl groups is 1. The summed E-state index contributed by atoms with van der Waals surface area (Å²) in [5, 5.41) is 23.6. The van der Waals surface area contributed by atoms with Gasteiger partial charge in [-0.2, -0.15) is 0 Å². The van der Waals surface area contributed by atoms with Crippen LogP contribution in [0.5, 0.6) is 5.75 Å². The molecule has 2 aromatic carbocycles. The predicted molar refractivity (Wildman–Crippen MR) is 158 cm³/mol. The third kappa shape index (κ3) is 12.1. The number of rotatable bonds is 20. The third-order valence-corrected chi connectivity index (χ3v) is 8.81. The van der Waals surface area contributed by atoms with E-state index in [1.54, 1.807) is 24.3 Å². The maximum atomic E-state index is 12.5. The van der Waals surface area contributed by atoms with Gasteiger partial charge in [-0.3, -0.25) is 4.79 Å². The molecule has 1 aliphatic rings. The maximum absolute atomic E-state index is 12.5. The normalized spacial score (nSPS) is 14.5. The molecule has 0 amide bonds. The lowest BCUT2D eigenvalue weighted by Gasteiger charge is -2.26. The van der Waals surface area contributed by atoms with Gasteiger partial charge in [0.05, 0.1) is 11.0 Å². The number of phenolic OH excluding ortho intramolecular Hbond substituents is 1. The van der Waals surface area contributed by atoms with Gasteiger partial charge in [-0.15, -0.1) is 0 Å². The van der Waals surface area contributed by atoms with Crippen LogP contribution < -0.4 is 10.0 Å². The highest BCUT2D eigenvalue weighted by Crippen LogP contribution is 2.24. The number of phenols is 1. The molecule has 0 unspecified atom stereocenters. The monoisotopic (exact) mass is 590 g/mol. The predicted octanol–water partition coefficient (Wildman–Crippen LogP) is 4.51. The number of benzene rings is 2. The number of sulfonamides is 1. The van der Waals surface area contributed by atoms with Crippen molar-refractivity contribution in [1.29, 1.82) is 0 Å². The first-order valence-corrected chi connectivity index (χ1v) is 16.3. The molecular weight excluding hydrogens is 544 g/mol. The molecule has 9 nitrogen and oxygen atoms in total. The van der Waals surface area contributed by atoms with Gasteiger partial charge in [0.2, 0.25) is 10.0 Å². The summed E-state index contributed by atoms with van der Waals surface area (Å²) in [6.45, 7) is 3.93. The number of ether oxygens (including phenoxy) is 2. The van der Waals surface area contributed by atoms with Crippen LogP contribution in [0.4, 0.5) is 0 Å². The van der Waals surface area contributed by atoms with Crippen LogP contribution in [0, 0.1) is 0 Å². The van der Waals surface area contributed by atoms with E-state index >= 15 is 0 Å². The minimum atomic E-state index is -3.43. The Bertz CT molecular complexity index is 1180. The topological polar surface area (TPSA) is 134 Å². The molecule has 1 saturated carbocycles. The molecule has 228 valence electrons. The fourth-order valence-electron chi connectivity index (χ4n) is 4.59. The molecule has 1 atom stereocenters. The second-order valence-electron chi connectivity index (χ2n) is 10.8. The van der Waals surface area contributed by atoms with Crippen LogP contribution in [0.1, 0.15) is 87.5 Å². The molecular formula is C31H46N2O7S. The van der Waals surface area contributed by atoms with E-state index in [0.717, 1.165) is 82.9 Å². The highest BCUT2D eigenvalue weighted by Gasteiger charge is 2.24. The number of carbonyl (C=O) groups excluding carboxylic acids is 1. The van der Waals surface area contributed by atoms with E-state index in [1.807, 2.05) is 12.1 Å². The molecule has 41 heavy (non-hydrogen) atoms. The average molecular weight is 591 g/mol. The second-order valence-corrected chi connectivity index (χ2v) is 12.5. The summed E-state index contributed by atoms with van der Waals surface area (Å²) in [6, 6.07) is 12.2. The number of hydrogen-bond donors (Lipinski definition) is 4. The van der Waals surface area contributed by atoms with Gasteiger partial charge >= 0.3 is 5.97 Å². The SMILES string of the molecule is CC(=O)OCc1cc([C@@H](O)CNCCCCCCOCCCCc2cccc(S(=O)(=O)NC3CCC3)c2)ccc1O. The Hall–Kier alpha value is -2.50. The number of esters is 1. The van der Waals surface area contributed by atoms with Crippen LogP contribution >= 0.6 is 0 Å². The third-order valence-electron chi connectivity index (χ3n) is 7.29. The van der Waals surface area contributed by atoms with E-state index in [1.165, 1.54) is 13.0 Å². The van der Waals surface area contributed by atoms with Crippen molar-refractivity contribution >= 4 is 16.0 Å². The van der Waals surface area contributed by atoms with Crippen molar-refractivity contribution in [2.75, 3.05) is 26.3 Å². The molecule has 1 aliphatic carbocycles. The van der Waals surface area contributed by atoms with Crippen molar-refractivity contribution in [3.8, 4) is 5.75 Å². The zero-order chi connectivity index (χ0) is 29.5. The molecule has 0 aliphatic heterocycles. The largest absolute Gasteiger partial charge is 0.508 e. The summed E-state index contributed by atoms with van der Waals surface area (Å²) in [4.78, 5) is 11.4. The zero-order valence-electron chi connectivity index (χ0n) is 24.1. The number of nitrogens with one attached hydrogen (secondary N) is 2. The van der Waals surface area contributed by atoms with Crippen LogP contribution in [-0.2, 0) is 37.3 Å². The lowest BCUT2D eigenvalue weighted by Crippen LogP contribution is -2.39. The molecule has 10 heteroatoms. The summed E-state index contributed by atoms with van der Waals surface area (Å²) in [7, 11) is -3.43. The Kier molecular flexibility index (Phi) is 14.1. The summed E-state index contributed by atoms with van der Waals surface area (Å²) in [5.41, 5.74) is 2.16. The molecule has 0 radical (unpaired) electrons. The maximum Gasteiger partial charge on any atom is 0.302 e. The Morgan fingerprint density at radius 1 is 1.02 bits per heavy atom. The van der Waals surface area contributed by atoms with Crippen molar-refractivity contribution < 1.29 is 32.9 Å². The lowest BCUT2D eigenvalue weighted by atomic mass is 9.94. The van der Waals surface area contributed by atoms with E-state index in [2.05, 4.69) is 10.0 Å². The Balaban J connectivity index is 1.17. The van der Waals surface area contributed by atoms with Gasteiger partial charge in [0.15, 0.2) is 0 Å². The molecule has 0 spiro atoms. The molecule has 1 fully saturated rings. The van der Waals surface area contributed by atoms with E-state index in [0.29, 0.717) is 29.2 Å². The highest BCUT2D eigenvalue weighted by molar-refractivity contribution is 7.89. The van der Waals surface area contributed by atoms with Gasteiger partial charge in [0.25, 0.3) is 0 Å². The molecule has 0 aromatic heterocycles. The van der Waals surface area contributed by atoms with Crippen molar-refractivity contribution in [3.63, 3.8) is 0 Å². The minimum absolute atomic E-state index is 0.0278. The fourth-order valence-corrected chi connectivity index (χ4v) is 5.96. The zero-order valence-corrected chi connectivity index (χ0v) is 25.0. The van der Waals surface area contributed by atoms with Crippen LogP contribution in [0.2, 0.25) is 0 Å². The molecule has 0 saturated heterocycles. The van der Waals surface area contributed by atoms with Crippen LogP contribution in [0.15, 0.2) is 47.4 Å². The van der Waals surface area contributed by atoms with Gasteiger partial charge in [-0.05, 0) is 86.9 Å². The second kappa shape index (κ2) is 17.5. The van der Waals surface area contributed by atoms with E-state index in [-0.39, 0.29) is 18.4 Å². The molecule has 3 rings (SSSR count). The van der Waals surface area contributed by atoms with E-state index in [4.69, 9.17) is 9.47 Å². The molecule has 2 aromatic rings. The van der Waals surface area contributed by atoms with Crippen LogP contribution in [0.25, 0.3) is 0 Å². The quantitative estimate of drug-likeness (QED) is 0.131. The minimum Gasteiger partial charge on any atom is -0.508 e. The van der Waals surface area contributed by atoms with Crippen molar-refractivity contribution in [2.45, 2.75) is 94.8 Å². The average Bonchev–Trinajstić information content (AvgIpc) is 2.93. The van der Waals surface area contributed by atoms with Crippen LogP contribution in [-0.4, -0.2) is 56.9 Å². The van der Waals surface area contributed by atoms with Crippen molar-refractivity contribution in [1.82, 2.24) is 10.0 Å². The van der Waals surface area contributed by atoms with E-state index < -0.39 is 22.1 Å². The fraction of sp³-hybridized carbons (Fsp3) is 0.581. The van der Waals surface area contributed by atoms with Gasteiger partial charge in [-0.25, -0.2) is 13.1 Å². The smallest absolute Gasteiger partial charge is 0.302 e. The lowest BCUT2D eigenvalue weighted by molar-refractivity contribution is -0.142. The Labute approximate surface area is 244 Å². The number of carbonyl (C=O) groups is 1. The first-order valence-electron chi connectivity index (χ1n) is 14.8. The first kappa shape index (κ1) is 33.0. The molecule has 0 bridgehead atoms. The van der Waals surface area contributed by atoms with Gasteiger partial charge in [0, 0.05) is 38.3 Å². The van der Waals surface area contributed by atoms with Gasteiger partial charge in [-0.1, -0.05) is 37.5 Å². The number of hydrogen-bond acceptors (Lipinski definition) is 8. The summed E-state index contributed by atoms with van der Waals surface area (Å²) in [6.07, 6.45) is 9.12.